The van der Waals surface area contributed by atoms with Crippen molar-refractivity contribution in [1.29, 1.82) is 0 Å². The van der Waals surface area contributed by atoms with Crippen LogP contribution in [0.2, 0.25) is 0 Å². The lowest BCUT2D eigenvalue weighted by Gasteiger charge is -2.10. The fraction of sp³-hybridized carbons (Fsp3) is 0.167. The van der Waals surface area contributed by atoms with Crippen molar-refractivity contribution in [3.05, 3.63) is 52.1 Å². The average molecular weight is 372 g/mol. The summed E-state index contributed by atoms with van der Waals surface area (Å²) >= 11 is 0. The van der Waals surface area contributed by atoms with E-state index in [1.165, 1.54) is 38.5 Å². The molecule has 27 heavy (non-hydrogen) atoms. The van der Waals surface area contributed by atoms with Crippen molar-refractivity contribution in [3.63, 3.8) is 0 Å². The molecule has 0 spiro atoms. The zero-order valence-corrected chi connectivity index (χ0v) is 14.6. The van der Waals surface area contributed by atoms with Gasteiger partial charge in [0, 0.05) is 12.1 Å². The van der Waals surface area contributed by atoms with Gasteiger partial charge in [-0.2, -0.15) is 0 Å². The number of amides is 1. The van der Waals surface area contributed by atoms with Gasteiger partial charge in [0.1, 0.15) is 11.5 Å². The Balaban J connectivity index is 1.83. The first-order valence-electron chi connectivity index (χ1n) is 7.81. The number of anilines is 1. The Hall–Kier alpha value is -3.75. The lowest BCUT2D eigenvalue weighted by atomic mass is 10.1. The molecule has 0 atom stereocenters. The minimum atomic E-state index is -0.551. The molecule has 0 aromatic heterocycles. The third kappa shape index (κ3) is 3.92. The van der Waals surface area contributed by atoms with E-state index in [0.29, 0.717) is 28.7 Å². The number of ether oxygens (including phenoxy) is 4. The van der Waals surface area contributed by atoms with E-state index in [-0.39, 0.29) is 18.0 Å². The predicted molar refractivity (Wildman–Crippen MR) is 96.4 cm³/mol. The molecule has 1 N–H and O–H groups in total. The Bertz CT molecular complexity index is 924. The van der Waals surface area contributed by atoms with Crippen LogP contribution in [0.15, 0.2) is 36.4 Å². The monoisotopic (exact) mass is 372 g/mol. The number of nitrogens with one attached hydrogen (secondary N) is 1. The van der Waals surface area contributed by atoms with Gasteiger partial charge >= 0.3 is 0 Å². The van der Waals surface area contributed by atoms with Crippen molar-refractivity contribution in [2.24, 2.45) is 0 Å². The highest BCUT2D eigenvalue weighted by molar-refractivity contribution is 6.03. The minimum Gasteiger partial charge on any atom is -0.497 e. The van der Waals surface area contributed by atoms with E-state index in [2.05, 4.69) is 5.32 Å². The molecular weight excluding hydrogens is 356 g/mol. The zero-order valence-electron chi connectivity index (χ0n) is 14.6. The minimum absolute atomic E-state index is 0.00419. The molecule has 0 bridgehead atoms. The maximum atomic E-state index is 12.2. The molecule has 2 aromatic rings. The zero-order chi connectivity index (χ0) is 19.4. The van der Waals surface area contributed by atoms with Crippen LogP contribution in [0.1, 0.15) is 5.56 Å². The number of carbonyl (C=O) groups excluding carboxylic acids is 1. The van der Waals surface area contributed by atoms with E-state index in [9.17, 15) is 14.9 Å². The van der Waals surface area contributed by atoms with Crippen molar-refractivity contribution in [3.8, 4) is 23.0 Å². The van der Waals surface area contributed by atoms with Gasteiger partial charge in [0.25, 0.3) is 5.69 Å². The highest BCUT2D eigenvalue weighted by atomic mass is 16.7. The summed E-state index contributed by atoms with van der Waals surface area (Å²) in [4.78, 5) is 23.0. The maximum Gasteiger partial charge on any atom is 0.280 e. The summed E-state index contributed by atoms with van der Waals surface area (Å²) in [5.74, 6) is 1.18. The molecule has 1 amide bonds. The van der Waals surface area contributed by atoms with Crippen molar-refractivity contribution in [1.82, 2.24) is 0 Å². The van der Waals surface area contributed by atoms with Gasteiger partial charge in [0.15, 0.2) is 11.5 Å². The predicted octanol–water partition coefficient (Wildman–Crippen LogP) is 2.99. The second-order valence-corrected chi connectivity index (χ2v) is 5.41. The molecule has 3 rings (SSSR count). The Kier molecular flexibility index (Phi) is 5.11. The lowest BCUT2D eigenvalue weighted by molar-refractivity contribution is -0.385. The van der Waals surface area contributed by atoms with Crippen LogP contribution in [0.4, 0.5) is 11.4 Å². The fourth-order valence-electron chi connectivity index (χ4n) is 2.49. The molecule has 9 heteroatoms. The molecule has 1 aliphatic heterocycles. The standard InChI is InChI=1S/C18H16N2O7/c1-24-12-4-5-15(25-2)13(8-12)19-18(21)6-3-11-7-16-17(27-10-26-16)9-14(11)20(22)23/h3-9H,10H2,1-2H3,(H,19,21)/b6-3+. The number of hydrogen-bond donors (Lipinski definition) is 1. The van der Waals surface area contributed by atoms with Crippen LogP contribution in [0.5, 0.6) is 23.0 Å². The normalized spacial score (nSPS) is 12.1. The largest absolute Gasteiger partial charge is 0.497 e. The fourth-order valence-corrected chi connectivity index (χ4v) is 2.49. The Morgan fingerprint density at radius 3 is 2.59 bits per heavy atom. The second kappa shape index (κ2) is 7.65. The molecule has 0 unspecified atom stereocenters. The highest BCUT2D eigenvalue weighted by Gasteiger charge is 2.22. The summed E-state index contributed by atoms with van der Waals surface area (Å²) in [7, 11) is 2.98. The van der Waals surface area contributed by atoms with Crippen molar-refractivity contribution < 1.29 is 28.7 Å². The molecule has 140 valence electrons. The first-order chi connectivity index (χ1) is 13.0. The van der Waals surface area contributed by atoms with E-state index in [0.717, 1.165) is 0 Å². The Morgan fingerprint density at radius 1 is 1.19 bits per heavy atom. The van der Waals surface area contributed by atoms with Gasteiger partial charge in [-0.3, -0.25) is 14.9 Å². The molecule has 2 aromatic carbocycles. The van der Waals surface area contributed by atoms with E-state index in [1.54, 1.807) is 18.2 Å². The van der Waals surface area contributed by atoms with E-state index in [1.807, 2.05) is 0 Å². The molecule has 9 nitrogen and oxygen atoms in total. The molecule has 0 fully saturated rings. The maximum absolute atomic E-state index is 12.2. The summed E-state index contributed by atoms with van der Waals surface area (Å²) in [5.41, 5.74) is 0.436. The molecule has 0 aliphatic carbocycles. The third-order valence-corrected chi connectivity index (χ3v) is 3.80. The first-order valence-corrected chi connectivity index (χ1v) is 7.81. The van der Waals surface area contributed by atoms with Crippen LogP contribution in [0.25, 0.3) is 6.08 Å². The van der Waals surface area contributed by atoms with Gasteiger partial charge in [-0.1, -0.05) is 0 Å². The van der Waals surface area contributed by atoms with Crippen LogP contribution in [0, 0.1) is 10.1 Å². The van der Waals surface area contributed by atoms with Gasteiger partial charge < -0.3 is 24.3 Å². The average Bonchev–Trinajstić information content (AvgIpc) is 3.12. The number of hydrogen-bond acceptors (Lipinski definition) is 7. The van der Waals surface area contributed by atoms with Crippen LogP contribution >= 0.6 is 0 Å². The summed E-state index contributed by atoms with van der Waals surface area (Å²) in [6, 6.07) is 7.68. The van der Waals surface area contributed by atoms with Gasteiger partial charge in [-0.15, -0.1) is 0 Å². The van der Waals surface area contributed by atoms with Crippen LogP contribution in [0.3, 0.4) is 0 Å². The summed E-state index contributed by atoms with van der Waals surface area (Å²) < 4.78 is 20.7. The van der Waals surface area contributed by atoms with Gasteiger partial charge in [0.2, 0.25) is 12.7 Å². The number of benzene rings is 2. The highest BCUT2D eigenvalue weighted by Crippen LogP contribution is 2.38. The van der Waals surface area contributed by atoms with Crippen molar-refractivity contribution >= 4 is 23.4 Å². The van der Waals surface area contributed by atoms with E-state index in [4.69, 9.17) is 18.9 Å². The summed E-state index contributed by atoms with van der Waals surface area (Å²) in [5, 5.41) is 13.9. The van der Waals surface area contributed by atoms with Crippen LogP contribution < -0.4 is 24.3 Å². The number of rotatable bonds is 6. The number of nitrogens with zero attached hydrogens (tertiary/aromatic N) is 1. The van der Waals surface area contributed by atoms with Crippen molar-refractivity contribution in [2.75, 3.05) is 26.3 Å². The molecule has 0 saturated carbocycles. The number of nitro benzene ring substituents is 1. The van der Waals surface area contributed by atoms with E-state index < -0.39 is 10.8 Å². The number of fused-ring (bicyclic) bond motifs is 1. The second-order valence-electron chi connectivity index (χ2n) is 5.41. The Labute approximate surface area is 154 Å². The molecule has 1 heterocycles. The van der Waals surface area contributed by atoms with Gasteiger partial charge in [-0.25, -0.2) is 0 Å². The number of nitro groups is 1. The lowest BCUT2D eigenvalue weighted by Crippen LogP contribution is -2.09. The summed E-state index contributed by atoms with van der Waals surface area (Å²) in [6.07, 6.45) is 2.52. The molecule has 0 radical (unpaired) electrons. The number of carbonyl (C=O) groups is 1. The molecular formula is C18H16N2O7. The molecule has 1 aliphatic rings. The SMILES string of the molecule is COc1ccc(OC)c(NC(=O)/C=C/c2cc3c(cc2[N+](=O)[O-])OCO3)c1. The molecule has 0 saturated heterocycles. The van der Waals surface area contributed by atoms with Gasteiger partial charge in [0.05, 0.1) is 36.5 Å². The van der Waals surface area contributed by atoms with Crippen LogP contribution in [-0.4, -0.2) is 31.8 Å². The Morgan fingerprint density at radius 2 is 1.93 bits per heavy atom. The topological polar surface area (TPSA) is 109 Å². The van der Waals surface area contributed by atoms with E-state index >= 15 is 0 Å². The smallest absolute Gasteiger partial charge is 0.280 e. The quantitative estimate of drug-likeness (QED) is 0.471. The van der Waals surface area contributed by atoms with Crippen LogP contribution in [-0.2, 0) is 4.79 Å². The van der Waals surface area contributed by atoms with Gasteiger partial charge in [-0.05, 0) is 24.3 Å². The number of methoxy groups -OCH3 is 2. The summed E-state index contributed by atoms with van der Waals surface area (Å²) in [6.45, 7) is -0.00419. The third-order valence-electron chi connectivity index (χ3n) is 3.80. The van der Waals surface area contributed by atoms with Crippen molar-refractivity contribution in [2.45, 2.75) is 0 Å². The first kappa shape index (κ1) is 18.1.